The van der Waals surface area contributed by atoms with Crippen molar-refractivity contribution >= 4 is 66.4 Å². The number of anilines is 2. The quantitative estimate of drug-likeness (QED) is 0.0902. The van der Waals surface area contributed by atoms with Crippen molar-refractivity contribution in [3.63, 3.8) is 0 Å². The minimum Gasteiger partial charge on any atom is -0.490 e. The van der Waals surface area contributed by atoms with Crippen LogP contribution in [0.1, 0.15) is 134 Å². The molecule has 4 aliphatic heterocycles. The van der Waals surface area contributed by atoms with Crippen molar-refractivity contribution in [3.05, 3.63) is 141 Å². The second-order valence-corrected chi connectivity index (χ2v) is 31.5. The molecule has 0 saturated heterocycles. The number of benzene rings is 4. The number of nitrogens with zero attached hydrogens (tertiary/aromatic N) is 2. The molecule has 12 atom stereocenters. The van der Waals surface area contributed by atoms with Gasteiger partial charge in [0.2, 0.25) is 20.0 Å². The van der Waals surface area contributed by atoms with E-state index in [9.17, 15) is 46.9 Å². The Labute approximate surface area is 539 Å². The number of sulfonamides is 2. The van der Waals surface area contributed by atoms with E-state index in [2.05, 4.69) is 43.5 Å². The number of amides is 2. The number of halogens is 2. The van der Waals surface area contributed by atoms with Crippen molar-refractivity contribution in [2.75, 3.05) is 75.6 Å². The third kappa shape index (κ3) is 14.6. The standard InChI is InChI=1S/2C34H43ClN2O7S/c2*1-22-5-2-3-7-31(43-19-27(39)18-38)28-11-8-25(28)17-37-20-34(14-4-6-23-15-26(35)10-12-29(23)34)21-44-32-13-9-24(16-30(32)37)33(40)36-45(22,41)42/h2*3,7,9-10,12-13,15-16,22,25,27-28,31,38-39H,2,4-6,8,11,14,17-21H2,1H3,(H,36,40)/b2*7-3+/t22-,25+,27+,28-,31+,34+;22-,25+,27-,28-,31+,34+/m11/s1. The van der Waals surface area contributed by atoms with Gasteiger partial charge in [-0.05, 0) is 210 Å². The Morgan fingerprint density at radius 2 is 1.02 bits per heavy atom. The van der Waals surface area contributed by atoms with Gasteiger partial charge in [0.1, 0.15) is 23.7 Å². The number of aliphatic hydroxyl groups is 4. The summed E-state index contributed by atoms with van der Waals surface area (Å²) >= 11 is 12.8. The number of rotatable bonds is 8. The Hall–Kier alpha value is -5.26. The maximum Gasteiger partial charge on any atom is 0.264 e. The van der Waals surface area contributed by atoms with Crippen LogP contribution in [0.15, 0.2) is 97.1 Å². The Morgan fingerprint density at radius 1 is 0.600 bits per heavy atom. The van der Waals surface area contributed by atoms with Gasteiger partial charge in [-0.2, -0.15) is 0 Å². The van der Waals surface area contributed by atoms with Gasteiger partial charge in [-0.15, -0.1) is 0 Å². The number of carbonyl (C=O) groups is 2. The zero-order chi connectivity index (χ0) is 63.5. The van der Waals surface area contributed by atoms with Gasteiger partial charge < -0.3 is 49.2 Å². The lowest BCUT2D eigenvalue weighted by molar-refractivity contribution is -0.0585. The lowest BCUT2D eigenvalue weighted by atomic mass is 9.68. The summed E-state index contributed by atoms with van der Waals surface area (Å²) in [6, 6.07) is 22.6. The minimum absolute atomic E-state index is 0.0116. The summed E-state index contributed by atoms with van der Waals surface area (Å²) in [6.07, 6.45) is 16.7. The largest absolute Gasteiger partial charge is 0.490 e. The Kier molecular flexibility index (Phi) is 20.7. The average Bonchev–Trinajstić information content (AvgIpc) is 1.49. The number of hydrogen-bond acceptors (Lipinski definition) is 16. The molecule has 4 aromatic carbocycles. The highest BCUT2D eigenvalue weighted by molar-refractivity contribution is 7.91. The van der Waals surface area contributed by atoms with Gasteiger partial charge in [-0.3, -0.25) is 9.59 Å². The van der Waals surface area contributed by atoms with E-state index in [1.165, 1.54) is 22.3 Å². The molecule has 8 aliphatic rings. The van der Waals surface area contributed by atoms with Crippen molar-refractivity contribution in [3.8, 4) is 11.5 Å². The lowest BCUT2D eigenvalue weighted by Gasteiger charge is -2.46. The van der Waals surface area contributed by atoms with Crippen LogP contribution in [-0.2, 0) is 53.2 Å². The van der Waals surface area contributed by atoms with Gasteiger partial charge in [-0.25, -0.2) is 26.3 Å². The molecule has 2 amide bonds. The molecule has 22 heteroatoms. The molecule has 4 aromatic rings. The Morgan fingerprint density at radius 3 is 1.41 bits per heavy atom. The Bertz CT molecular complexity index is 3330. The van der Waals surface area contributed by atoms with E-state index in [0.717, 1.165) is 85.6 Å². The third-order valence-corrected chi connectivity index (χ3v) is 24.3. The fourth-order valence-corrected chi connectivity index (χ4v) is 17.2. The summed E-state index contributed by atoms with van der Waals surface area (Å²) in [4.78, 5) is 31.3. The molecular formula is C68H86Cl2N4O14S2. The molecule has 4 heterocycles. The van der Waals surface area contributed by atoms with Crippen molar-refractivity contribution in [1.29, 1.82) is 0 Å². The summed E-state index contributed by atoms with van der Waals surface area (Å²) in [5.41, 5.74) is 6.44. The van der Waals surface area contributed by atoms with Crippen LogP contribution < -0.4 is 28.7 Å². The summed E-state index contributed by atoms with van der Waals surface area (Å²) in [6.45, 7) is 6.14. The van der Waals surface area contributed by atoms with Crippen LogP contribution >= 0.6 is 23.2 Å². The molecule has 488 valence electrons. The molecule has 2 fully saturated rings. The van der Waals surface area contributed by atoms with Gasteiger partial charge in [0.15, 0.2) is 0 Å². The fourth-order valence-electron chi connectivity index (χ4n) is 14.8. The SMILES string of the molecule is C[C@@H]1CC/C=C/[C@H](OC[C@@H](O)CO)[C@@H]2CC[C@H]2CN2C[C@@]3(CCCc4cc(Cl)ccc43)COc3ccc(cc32)C(=O)NS1(=O)=O.C[C@@H]1CC/C=C/[C@H](OC[C@H](O)CO)[C@@H]2CC[C@H]2CN2C[C@@]3(CCCc4cc(Cl)ccc43)COc3ccc(cc32)C(=O)NS1(=O)=O. The van der Waals surface area contributed by atoms with Crippen molar-refractivity contribution in [2.24, 2.45) is 23.7 Å². The molecule has 90 heavy (non-hydrogen) atoms. The number of aliphatic hydroxyl groups excluding tert-OH is 4. The first-order valence-electron chi connectivity index (χ1n) is 32.0. The highest BCUT2D eigenvalue weighted by Gasteiger charge is 2.47. The maximum atomic E-state index is 13.3. The summed E-state index contributed by atoms with van der Waals surface area (Å²) in [5, 5.41) is 38.7. The smallest absolute Gasteiger partial charge is 0.264 e. The van der Waals surface area contributed by atoms with Crippen molar-refractivity contribution in [1.82, 2.24) is 9.44 Å². The Balaban J connectivity index is 0.000000185. The van der Waals surface area contributed by atoms with Gasteiger partial charge in [0, 0.05) is 58.2 Å². The van der Waals surface area contributed by atoms with E-state index in [0.29, 0.717) is 76.6 Å². The number of nitrogens with one attached hydrogen (secondary N) is 2. The molecular weight excluding hydrogens is 1230 g/mol. The van der Waals surface area contributed by atoms with Gasteiger partial charge in [-0.1, -0.05) is 59.6 Å². The van der Waals surface area contributed by atoms with E-state index in [-0.39, 0.29) is 84.3 Å². The van der Waals surface area contributed by atoms with Crippen LogP contribution in [0.25, 0.3) is 0 Å². The molecule has 4 aliphatic carbocycles. The molecule has 12 rings (SSSR count). The molecule has 0 unspecified atom stereocenters. The number of ether oxygens (including phenoxy) is 4. The zero-order valence-electron chi connectivity index (χ0n) is 51.3. The maximum absolute atomic E-state index is 13.3. The van der Waals surface area contributed by atoms with Crippen LogP contribution in [0.4, 0.5) is 11.4 Å². The monoisotopic (exact) mass is 1320 g/mol. The number of allylic oxidation sites excluding steroid dienone is 2. The first-order valence-corrected chi connectivity index (χ1v) is 35.9. The van der Waals surface area contributed by atoms with Gasteiger partial charge in [0.25, 0.3) is 11.8 Å². The topological polar surface area (TPSA) is 251 Å². The molecule has 6 N–H and O–H groups in total. The molecule has 0 radical (unpaired) electrons. The first kappa shape index (κ1) is 66.2. The molecule has 4 bridgehead atoms. The second kappa shape index (κ2) is 28.1. The minimum atomic E-state index is -3.92. The van der Waals surface area contributed by atoms with Gasteiger partial charge >= 0.3 is 0 Å². The molecule has 2 spiro atoms. The fraction of sp³-hybridized carbons (Fsp3) is 0.559. The molecule has 0 aromatic heterocycles. The number of aryl methyl sites for hydroxylation is 2. The van der Waals surface area contributed by atoms with E-state index < -0.39 is 54.6 Å². The van der Waals surface area contributed by atoms with Crippen molar-refractivity contribution in [2.45, 2.75) is 149 Å². The van der Waals surface area contributed by atoms with Crippen LogP contribution in [0.2, 0.25) is 10.0 Å². The number of carbonyl (C=O) groups excluding carboxylic acids is 2. The van der Waals surface area contributed by atoms with Crippen LogP contribution in [0, 0.1) is 23.7 Å². The van der Waals surface area contributed by atoms with Crippen LogP contribution in [0.3, 0.4) is 0 Å². The van der Waals surface area contributed by atoms with E-state index in [4.69, 9.17) is 42.1 Å². The summed E-state index contributed by atoms with van der Waals surface area (Å²) < 4.78 is 82.4. The van der Waals surface area contributed by atoms with E-state index in [1.54, 1.807) is 50.2 Å². The normalized spacial score (nSPS) is 30.9. The molecule has 18 nitrogen and oxygen atoms in total. The van der Waals surface area contributed by atoms with Crippen molar-refractivity contribution < 1.29 is 65.8 Å². The third-order valence-electron chi connectivity index (χ3n) is 20.3. The predicted molar refractivity (Wildman–Crippen MR) is 347 cm³/mol. The van der Waals surface area contributed by atoms with Crippen LogP contribution in [0.5, 0.6) is 11.5 Å². The summed E-state index contributed by atoms with van der Waals surface area (Å²) in [7, 11) is -7.83. The lowest BCUT2D eigenvalue weighted by Crippen LogP contribution is -2.50. The van der Waals surface area contributed by atoms with E-state index >= 15 is 0 Å². The molecule has 2 saturated carbocycles. The highest BCUT2D eigenvalue weighted by Crippen LogP contribution is 2.50. The number of fused-ring (bicyclic) bond motifs is 8. The predicted octanol–water partition coefficient (Wildman–Crippen LogP) is 8.75. The van der Waals surface area contributed by atoms with E-state index in [1.807, 2.05) is 36.4 Å². The first-order chi connectivity index (χ1) is 43.2. The van der Waals surface area contributed by atoms with Gasteiger partial charge in [0.05, 0.1) is 73.7 Å². The highest BCUT2D eigenvalue weighted by atomic mass is 35.5. The zero-order valence-corrected chi connectivity index (χ0v) is 54.5. The number of hydrogen-bond donors (Lipinski definition) is 6. The summed E-state index contributed by atoms with van der Waals surface area (Å²) in [5.74, 6) is 0.914. The van der Waals surface area contributed by atoms with Crippen LogP contribution in [-0.4, -0.2) is 150 Å². The second-order valence-electron chi connectivity index (χ2n) is 26.4. The average molecular weight is 1320 g/mol.